The van der Waals surface area contributed by atoms with E-state index in [1.165, 1.54) is 0 Å². The highest BCUT2D eigenvalue weighted by molar-refractivity contribution is 5.81. The zero-order valence-electron chi connectivity index (χ0n) is 15.5. The Morgan fingerprint density at radius 3 is 1.41 bits per heavy atom. The maximum absolute atomic E-state index is 12.1. The summed E-state index contributed by atoms with van der Waals surface area (Å²) in [6.07, 6.45) is 3.46. The van der Waals surface area contributed by atoms with Gasteiger partial charge in [0.2, 0.25) is 0 Å². The number of ketones is 2. The van der Waals surface area contributed by atoms with Gasteiger partial charge >= 0.3 is 0 Å². The summed E-state index contributed by atoms with van der Waals surface area (Å²) in [5, 5.41) is 0. The van der Waals surface area contributed by atoms with Crippen molar-refractivity contribution in [2.45, 2.75) is 38.5 Å². The molecule has 0 saturated heterocycles. The van der Waals surface area contributed by atoms with Gasteiger partial charge in [0.25, 0.3) is 0 Å². The lowest BCUT2D eigenvalue weighted by molar-refractivity contribution is -0.119. The van der Waals surface area contributed by atoms with Crippen LogP contribution >= 0.6 is 0 Å². The maximum Gasteiger partial charge on any atom is 0.137 e. The van der Waals surface area contributed by atoms with Gasteiger partial charge in [0.05, 0.1) is 0 Å². The Labute approximate surface area is 160 Å². The van der Waals surface area contributed by atoms with Gasteiger partial charge in [0, 0.05) is 37.1 Å². The lowest BCUT2D eigenvalue weighted by Crippen LogP contribution is -2.05. The predicted molar refractivity (Wildman–Crippen MR) is 108 cm³/mol. The highest BCUT2D eigenvalue weighted by atomic mass is 16.1. The van der Waals surface area contributed by atoms with Crippen LogP contribution in [0.15, 0.2) is 72.8 Å². The SMILES string of the molecule is O=C(CCc1ccc(CCC(=O)Cc2ccccc2)[nH]1)Cc1ccccc1. The summed E-state index contributed by atoms with van der Waals surface area (Å²) in [6.45, 7) is 0. The van der Waals surface area contributed by atoms with E-state index in [1.807, 2.05) is 72.8 Å². The Hall–Kier alpha value is -2.94. The summed E-state index contributed by atoms with van der Waals surface area (Å²) in [6, 6.07) is 23.7. The molecule has 0 aliphatic rings. The van der Waals surface area contributed by atoms with Gasteiger partial charge in [-0.05, 0) is 36.1 Å². The molecule has 2 aromatic carbocycles. The molecule has 3 aromatic rings. The van der Waals surface area contributed by atoms with Crippen molar-refractivity contribution in [2.24, 2.45) is 0 Å². The largest absolute Gasteiger partial charge is 0.362 e. The number of hydrogen-bond donors (Lipinski definition) is 1. The standard InChI is InChI=1S/C24H25NO2/c26-23(17-19-7-3-1-4-8-19)15-13-21-11-12-22(25-21)14-16-24(27)18-20-9-5-2-6-10-20/h1-12,25H,13-18H2. The molecule has 0 fully saturated rings. The van der Waals surface area contributed by atoms with E-state index in [2.05, 4.69) is 4.98 Å². The number of carbonyl (C=O) groups is 2. The van der Waals surface area contributed by atoms with Crippen LogP contribution in [-0.2, 0) is 35.3 Å². The van der Waals surface area contributed by atoms with Gasteiger partial charge < -0.3 is 4.98 Å². The second kappa shape index (κ2) is 9.67. The molecule has 27 heavy (non-hydrogen) atoms. The molecule has 0 bridgehead atoms. The Morgan fingerprint density at radius 1 is 0.593 bits per heavy atom. The summed E-state index contributed by atoms with van der Waals surface area (Å²) >= 11 is 0. The lowest BCUT2D eigenvalue weighted by Gasteiger charge is -2.02. The molecule has 0 amide bonds. The second-order valence-electron chi connectivity index (χ2n) is 6.91. The van der Waals surface area contributed by atoms with Gasteiger partial charge in [-0.15, -0.1) is 0 Å². The molecule has 0 radical (unpaired) electrons. The van der Waals surface area contributed by atoms with Crippen LogP contribution in [0.1, 0.15) is 35.4 Å². The average Bonchev–Trinajstić information content (AvgIpc) is 3.14. The van der Waals surface area contributed by atoms with E-state index in [0.717, 1.165) is 22.5 Å². The molecule has 0 atom stereocenters. The number of hydrogen-bond acceptors (Lipinski definition) is 2. The van der Waals surface area contributed by atoms with E-state index < -0.39 is 0 Å². The Bertz CT molecular complexity index is 794. The zero-order valence-corrected chi connectivity index (χ0v) is 15.5. The van der Waals surface area contributed by atoms with Crippen molar-refractivity contribution in [2.75, 3.05) is 0 Å². The molecule has 3 nitrogen and oxygen atoms in total. The van der Waals surface area contributed by atoms with Crippen LogP contribution < -0.4 is 0 Å². The summed E-state index contributed by atoms with van der Waals surface area (Å²) < 4.78 is 0. The first-order valence-electron chi connectivity index (χ1n) is 9.47. The zero-order chi connectivity index (χ0) is 18.9. The van der Waals surface area contributed by atoms with Crippen LogP contribution in [0.25, 0.3) is 0 Å². The highest BCUT2D eigenvalue weighted by Gasteiger charge is 2.08. The van der Waals surface area contributed by atoms with Gasteiger partial charge in [-0.1, -0.05) is 60.7 Å². The summed E-state index contributed by atoms with van der Waals surface area (Å²) in [7, 11) is 0. The molecule has 3 rings (SSSR count). The van der Waals surface area contributed by atoms with Gasteiger partial charge in [-0.2, -0.15) is 0 Å². The molecule has 3 heteroatoms. The number of benzene rings is 2. The van der Waals surface area contributed by atoms with E-state index >= 15 is 0 Å². The van der Waals surface area contributed by atoms with Crippen molar-refractivity contribution in [3.8, 4) is 0 Å². The summed E-state index contributed by atoms with van der Waals surface area (Å²) in [4.78, 5) is 27.6. The number of nitrogens with one attached hydrogen (secondary N) is 1. The fourth-order valence-electron chi connectivity index (χ4n) is 3.15. The van der Waals surface area contributed by atoms with Crippen LogP contribution in [0.5, 0.6) is 0 Å². The van der Waals surface area contributed by atoms with Crippen LogP contribution in [0, 0.1) is 0 Å². The Balaban J connectivity index is 1.40. The number of rotatable bonds is 10. The number of aryl methyl sites for hydroxylation is 2. The van der Waals surface area contributed by atoms with E-state index in [4.69, 9.17) is 0 Å². The first-order valence-corrected chi connectivity index (χ1v) is 9.47. The van der Waals surface area contributed by atoms with Crippen LogP contribution in [-0.4, -0.2) is 16.6 Å². The third-order valence-electron chi connectivity index (χ3n) is 4.64. The smallest absolute Gasteiger partial charge is 0.137 e. The molecule has 138 valence electrons. The molecule has 1 N–H and O–H groups in total. The Kier molecular flexibility index (Phi) is 6.75. The number of aromatic amines is 1. The van der Waals surface area contributed by atoms with Crippen LogP contribution in [0.2, 0.25) is 0 Å². The van der Waals surface area contributed by atoms with E-state index in [1.54, 1.807) is 0 Å². The number of Topliss-reactive ketones (excluding diaryl/α,β-unsaturated/α-hetero) is 2. The quantitative estimate of drug-likeness (QED) is 0.579. The van der Waals surface area contributed by atoms with Gasteiger partial charge in [-0.3, -0.25) is 9.59 Å². The monoisotopic (exact) mass is 359 g/mol. The summed E-state index contributed by atoms with van der Waals surface area (Å²) in [5.41, 5.74) is 4.24. The fraction of sp³-hybridized carbons (Fsp3) is 0.250. The van der Waals surface area contributed by atoms with Crippen molar-refractivity contribution in [1.29, 1.82) is 0 Å². The van der Waals surface area contributed by atoms with E-state index in [-0.39, 0.29) is 11.6 Å². The fourth-order valence-corrected chi connectivity index (χ4v) is 3.15. The molecule has 0 aliphatic carbocycles. The number of aromatic nitrogens is 1. The molecule has 1 aromatic heterocycles. The first kappa shape index (κ1) is 18.8. The number of carbonyl (C=O) groups excluding carboxylic acids is 2. The predicted octanol–water partition coefficient (Wildman–Crippen LogP) is 4.50. The van der Waals surface area contributed by atoms with Crippen molar-refractivity contribution in [3.05, 3.63) is 95.3 Å². The van der Waals surface area contributed by atoms with Gasteiger partial charge in [0.15, 0.2) is 0 Å². The van der Waals surface area contributed by atoms with Crippen molar-refractivity contribution >= 4 is 11.6 Å². The highest BCUT2D eigenvalue weighted by Crippen LogP contribution is 2.10. The van der Waals surface area contributed by atoms with Crippen molar-refractivity contribution < 1.29 is 9.59 Å². The molecular weight excluding hydrogens is 334 g/mol. The minimum atomic E-state index is 0.246. The molecule has 1 heterocycles. The van der Waals surface area contributed by atoms with Crippen molar-refractivity contribution in [3.63, 3.8) is 0 Å². The normalized spacial score (nSPS) is 10.7. The molecule has 0 aliphatic heterocycles. The lowest BCUT2D eigenvalue weighted by atomic mass is 10.1. The van der Waals surface area contributed by atoms with E-state index in [9.17, 15) is 9.59 Å². The molecule has 0 spiro atoms. The maximum atomic E-state index is 12.1. The average molecular weight is 359 g/mol. The number of H-pyrrole nitrogens is 1. The minimum Gasteiger partial charge on any atom is -0.362 e. The molecular formula is C24H25NO2. The van der Waals surface area contributed by atoms with Gasteiger partial charge in [0.1, 0.15) is 11.6 Å². The summed E-state index contributed by atoms with van der Waals surface area (Å²) in [5.74, 6) is 0.491. The Morgan fingerprint density at radius 2 is 1.00 bits per heavy atom. The van der Waals surface area contributed by atoms with E-state index in [0.29, 0.717) is 38.5 Å². The molecule has 0 saturated carbocycles. The second-order valence-corrected chi connectivity index (χ2v) is 6.91. The van der Waals surface area contributed by atoms with Crippen LogP contribution in [0.4, 0.5) is 0 Å². The van der Waals surface area contributed by atoms with Crippen molar-refractivity contribution in [1.82, 2.24) is 4.98 Å². The third-order valence-corrected chi connectivity index (χ3v) is 4.64. The minimum absolute atomic E-state index is 0.246. The first-order chi connectivity index (χ1) is 13.2. The topological polar surface area (TPSA) is 49.9 Å². The molecule has 0 unspecified atom stereocenters. The van der Waals surface area contributed by atoms with Crippen LogP contribution in [0.3, 0.4) is 0 Å². The third kappa shape index (κ3) is 6.37. The van der Waals surface area contributed by atoms with Gasteiger partial charge in [-0.25, -0.2) is 0 Å².